The van der Waals surface area contributed by atoms with Crippen molar-refractivity contribution in [2.24, 2.45) is 0 Å². The Hall–Kier alpha value is -0.505. The first-order valence-electron chi connectivity index (χ1n) is 5.80. The van der Waals surface area contributed by atoms with Crippen LogP contribution in [-0.4, -0.2) is 44.5 Å². The van der Waals surface area contributed by atoms with Crippen LogP contribution in [0.25, 0.3) is 0 Å². The van der Waals surface area contributed by atoms with Crippen LogP contribution >= 0.6 is 0 Å². The SMILES string of the molecule is BC(CCCC)(CCCN(C)C)C(=O)O. The summed E-state index contributed by atoms with van der Waals surface area (Å²) >= 11 is 0. The van der Waals surface area contributed by atoms with Gasteiger partial charge in [0.05, 0.1) is 0 Å². The number of carboxylic acid groups (broad SMARTS) is 1. The molecule has 0 rings (SSSR count). The van der Waals surface area contributed by atoms with Crippen molar-refractivity contribution >= 4 is 13.8 Å². The molecule has 0 aliphatic heterocycles. The smallest absolute Gasteiger partial charge is 0.301 e. The van der Waals surface area contributed by atoms with E-state index in [-0.39, 0.29) is 0 Å². The second-order valence-electron chi connectivity index (χ2n) is 4.88. The molecular weight excluding hydrogens is 189 g/mol. The lowest BCUT2D eigenvalue weighted by Crippen LogP contribution is -2.25. The Labute approximate surface area is 94.3 Å². The number of carbonyl (C=O) groups is 1. The molecule has 0 saturated heterocycles. The first-order chi connectivity index (χ1) is 6.92. The third-order valence-electron chi connectivity index (χ3n) is 2.93. The van der Waals surface area contributed by atoms with Gasteiger partial charge in [-0.1, -0.05) is 19.8 Å². The van der Waals surface area contributed by atoms with Gasteiger partial charge in [-0.15, -0.1) is 0 Å². The molecule has 0 aromatic carbocycles. The van der Waals surface area contributed by atoms with Crippen LogP contribution < -0.4 is 0 Å². The fourth-order valence-electron chi connectivity index (χ4n) is 1.69. The van der Waals surface area contributed by atoms with Crippen LogP contribution in [0.4, 0.5) is 0 Å². The summed E-state index contributed by atoms with van der Waals surface area (Å²) in [4.78, 5) is 13.3. The number of hydrogen-bond donors (Lipinski definition) is 1. The number of unbranched alkanes of at least 4 members (excludes halogenated alkanes) is 1. The quantitative estimate of drug-likeness (QED) is 0.619. The average Bonchev–Trinajstić information content (AvgIpc) is 2.14. The zero-order valence-corrected chi connectivity index (χ0v) is 10.5. The van der Waals surface area contributed by atoms with Crippen molar-refractivity contribution < 1.29 is 9.90 Å². The molecule has 0 radical (unpaired) electrons. The van der Waals surface area contributed by atoms with Crippen molar-refractivity contribution in [3.63, 3.8) is 0 Å². The van der Waals surface area contributed by atoms with Gasteiger partial charge in [0.2, 0.25) is 0 Å². The van der Waals surface area contributed by atoms with Gasteiger partial charge in [0.25, 0.3) is 0 Å². The highest BCUT2D eigenvalue weighted by Crippen LogP contribution is 2.34. The molecule has 88 valence electrons. The largest absolute Gasteiger partial charge is 0.481 e. The van der Waals surface area contributed by atoms with Gasteiger partial charge in [0.1, 0.15) is 7.85 Å². The van der Waals surface area contributed by atoms with E-state index in [4.69, 9.17) is 0 Å². The Morgan fingerprint density at radius 1 is 1.33 bits per heavy atom. The van der Waals surface area contributed by atoms with Gasteiger partial charge in [-0.2, -0.15) is 0 Å². The second-order valence-corrected chi connectivity index (χ2v) is 4.88. The number of carboxylic acids is 1. The molecule has 0 amide bonds. The van der Waals surface area contributed by atoms with E-state index < -0.39 is 11.3 Å². The van der Waals surface area contributed by atoms with E-state index in [1.807, 2.05) is 21.9 Å². The summed E-state index contributed by atoms with van der Waals surface area (Å²) in [6.45, 7) is 3.07. The molecule has 0 aromatic rings. The highest BCUT2D eigenvalue weighted by Gasteiger charge is 2.31. The zero-order valence-electron chi connectivity index (χ0n) is 10.5. The molecule has 0 spiro atoms. The van der Waals surface area contributed by atoms with Crippen LogP contribution in [0.15, 0.2) is 0 Å². The summed E-state index contributed by atoms with van der Waals surface area (Å²) in [5.74, 6) is -0.644. The molecule has 0 aliphatic carbocycles. The summed E-state index contributed by atoms with van der Waals surface area (Å²) < 4.78 is 0. The van der Waals surface area contributed by atoms with E-state index in [9.17, 15) is 9.90 Å². The minimum Gasteiger partial charge on any atom is -0.481 e. The summed E-state index contributed by atoms with van der Waals surface area (Å²) in [5, 5.41) is 8.69. The third kappa shape index (κ3) is 5.83. The Morgan fingerprint density at radius 3 is 2.27 bits per heavy atom. The van der Waals surface area contributed by atoms with E-state index in [1.54, 1.807) is 0 Å². The van der Waals surface area contributed by atoms with E-state index in [0.717, 1.165) is 38.6 Å². The molecular formula is C11H24BNO2. The summed E-state index contributed by atoms with van der Waals surface area (Å²) in [7, 11) is 5.91. The molecule has 3 nitrogen and oxygen atoms in total. The predicted molar refractivity (Wildman–Crippen MR) is 66.2 cm³/mol. The zero-order chi connectivity index (χ0) is 11.9. The monoisotopic (exact) mass is 213 g/mol. The van der Waals surface area contributed by atoms with Crippen LogP contribution in [0.1, 0.15) is 39.0 Å². The van der Waals surface area contributed by atoms with Crippen molar-refractivity contribution in [1.82, 2.24) is 4.90 Å². The van der Waals surface area contributed by atoms with E-state index >= 15 is 0 Å². The first kappa shape index (κ1) is 14.5. The number of hydrogen-bond acceptors (Lipinski definition) is 2. The maximum absolute atomic E-state index is 11.2. The molecule has 15 heavy (non-hydrogen) atoms. The normalized spacial score (nSPS) is 15.2. The number of nitrogens with zero attached hydrogens (tertiary/aromatic N) is 1. The Balaban J connectivity index is 4.07. The summed E-state index contributed by atoms with van der Waals surface area (Å²) in [6.07, 6.45) is 4.60. The van der Waals surface area contributed by atoms with Crippen LogP contribution in [0.5, 0.6) is 0 Å². The molecule has 0 heterocycles. The fraction of sp³-hybridized carbons (Fsp3) is 0.909. The predicted octanol–water partition coefficient (Wildman–Crippen LogP) is 1.39. The van der Waals surface area contributed by atoms with Gasteiger partial charge in [-0.25, -0.2) is 0 Å². The molecule has 0 fully saturated rings. The Bertz CT molecular complexity index is 197. The molecule has 0 saturated carbocycles. The standard InChI is InChI=1S/C11H24BNO2/c1-4-5-7-11(12,10(14)15)8-6-9-13(2)3/h4-9,12H2,1-3H3,(H,14,15). The van der Waals surface area contributed by atoms with Gasteiger partial charge < -0.3 is 10.0 Å². The van der Waals surface area contributed by atoms with Crippen LogP contribution in [0.3, 0.4) is 0 Å². The Kier molecular flexibility index (Phi) is 6.65. The van der Waals surface area contributed by atoms with Crippen molar-refractivity contribution in [1.29, 1.82) is 0 Å². The minimum atomic E-state index is -0.644. The molecule has 1 N–H and O–H groups in total. The summed E-state index contributed by atoms with van der Waals surface area (Å²) in [6, 6.07) is 0. The number of aliphatic carboxylic acids is 1. The molecule has 1 atom stereocenters. The van der Waals surface area contributed by atoms with Crippen molar-refractivity contribution in [2.45, 2.75) is 44.3 Å². The molecule has 0 aliphatic rings. The van der Waals surface area contributed by atoms with Gasteiger partial charge in [0.15, 0.2) is 0 Å². The average molecular weight is 213 g/mol. The molecule has 0 aromatic heterocycles. The third-order valence-corrected chi connectivity index (χ3v) is 2.93. The van der Waals surface area contributed by atoms with E-state index in [2.05, 4.69) is 11.8 Å². The topological polar surface area (TPSA) is 40.5 Å². The maximum Gasteiger partial charge on any atom is 0.301 e. The van der Waals surface area contributed by atoms with Crippen LogP contribution in [-0.2, 0) is 4.79 Å². The fourth-order valence-corrected chi connectivity index (χ4v) is 1.69. The minimum absolute atomic E-state index is 0.522. The maximum atomic E-state index is 11.2. The van der Waals surface area contributed by atoms with Gasteiger partial charge >= 0.3 is 5.97 Å². The first-order valence-corrected chi connectivity index (χ1v) is 5.80. The second kappa shape index (κ2) is 6.88. The highest BCUT2D eigenvalue weighted by molar-refractivity contribution is 6.26. The van der Waals surface area contributed by atoms with Crippen LogP contribution in [0, 0.1) is 0 Å². The van der Waals surface area contributed by atoms with Gasteiger partial charge in [0, 0.05) is 5.31 Å². The molecule has 4 heteroatoms. The molecule has 1 unspecified atom stereocenters. The highest BCUT2D eigenvalue weighted by atomic mass is 16.4. The summed E-state index contributed by atoms with van der Waals surface area (Å²) in [5.41, 5.74) is 0. The van der Waals surface area contributed by atoms with Gasteiger partial charge in [-0.3, -0.25) is 4.79 Å². The van der Waals surface area contributed by atoms with E-state index in [0.29, 0.717) is 0 Å². The van der Waals surface area contributed by atoms with Crippen molar-refractivity contribution in [3.8, 4) is 0 Å². The number of rotatable bonds is 8. The van der Waals surface area contributed by atoms with Gasteiger partial charge in [-0.05, 0) is 39.9 Å². The van der Waals surface area contributed by atoms with Crippen molar-refractivity contribution in [2.75, 3.05) is 20.6 Å². The van der Waals surface area contributed by atoms with E-state index in [1.165, 1.54) is 0 Å². The lowest BCUT2D eigenvalue weighted by Gasteiger charge is -2.25. The Morgan fingerprint density at radius 2 is 1.87 bits per heavy atom. The lowest BCUT2D eigenvalue weighted by atomic mass is 9.63. The van der Waals surface area contributed by atoms with Crippen molar-refractivity contribution in [3.05, 3.63) is 0 Å². The molecule has 0 bridgehead atoms. The lowest BCUT2D eigenvalue weighted by molar-refractivity contribution is -0.141. The van der Waals surface area contributed by atoms with Crippen LogP contribution in [0.2, 0.25) is 5.31 Å².